The number of hydrogen-bond donors (Lipinski definition) is 1. The van der Waals surface area contributed by atoms with Crippen molar-refractivity contribution < 1.29 is 4.79 Å². The molecule has 0 saturated carbocycles. The molecule has 3 rings (SSSR count). The van der Waals surface area contributed by atoms with E-state index in [2.05, 4.69) is 15.0 Å². The molecule has 0 unspecified atom stereocenters. The van der Waals surface area contributed by atoms with Gasteiger partial charge in [0.1, 0.15) is 5.82 Å². The number of carbonyl (C=O) groups is 1. The summed E-state index contributed by atoms with van der Waals surface area (Å²) < 4.78 is 0. The van der Waals surface area contributed by atoms with Gasteiger partial charge in [0.25, 0.3) is 11.5 Å². The van der Waals surface area contributed by atoms with E-state index >= 15 is 0 Å². The molecule has 3 aromatic rings. The van der Waals surface area contributed by atoms with Gasteiger partial charge in [-0.05, 0) is 38.1 Å². The first-order valence-corrected chi connectivity index (χ1v) is 7.75. The van der Waals surface area contributed by atoms with Gasteiger partial charge < -0.3 is 9.88 Å². The van der Waals surface area contributed by atoms with E-state index < -0.39 is 0 Å². The number of amides is 1. The lowest BCUT2D eigenvalue weighted by Gasteiger charge is -2.26. The molecule has 122 valence electrons. The van der Waals surface area contributed by atoms with Crippen LogP contribution in [0.1, 0.15) is 30.0 Å². The minimum absolute atomic E-state index is 0.0468. The number of hydrogen-bond acceptors (Lipinski definition) is 4. The first kappa shape index (κ1) is 15.9. The minimum atomic E-state index is -0.201. The number of pyridine rings is 1. The van der Waals surface area contributed by atoms with Crippen molar-refractivity contribution in [3.8, 4) is 0 Å². The van der Waals surface area contributed by atoms with E-state index in [1.807, 2.05) is 19.9 Å². The van der Waals surface area contributed by atoms with Gasteiger partial charge in [0, 0.05) is 18.4 Å². The zero-order valence-electron chi connectivity index (χ0n) is 13.6. The summed E-state index contributed by atoms with van der Waals surface area (Å²) in [5.74, 6) is 0.318. The third kappa shape index (κ3) is 3.17. The maximum Gasteiger partial charge on any atom is 0.258 e. The van der Waals surface area contributed by atoms with Crippen LogP contribution in [-0.4, -0.2) is 31.8 Å². The van der Waals surface area contributed by atoms with Crippen molar-refractivity contribution in [1.82, 2.24) is 19.9 Å². The predicted molar refractivity (Wildman–Crippen MR) is 91.6 cm³/mol. The molecule has 0 fully saturated rings. The Bertz CT molecular complexity index is 919. The molecule has 6 nitrogen and oxygen atoms in total. The average molecular weight is 322 g/mol. The summed E-state index contributed by atoms with van der Waals surface area (Å²) >= 11 is 0. The van der Waals surface area contributed by atoms with Gasteiger partial charge in [-0.3, -0.25) is 14.6 Å². The average Bonchev–Trinajstić information content (AvgIpc) is 2.60. The molecule has 24 heavy (non-hydrogen) atoms. The molecule has 0 saturated heterocycles. The van der Waals surface area contributed by atoms with Crippen LogP contribution in [0.4, 0.5) is 0 Å². The SMILES string of the molecule is CC(C)N(Cc1nc2ccccc2c(=O)[nH]1)C(=O)c1cccnc1. The van der Waals surface area contributed by atoms with Crippen molar-refractivity contribution in [2.24, 2.45) is 0 Å². The summed E-state index contributed by atoms with van der Waals surface area (Å²) in [5, 5.41) is 0.538. The Kier molecular flexibility index (Phi) is 4.37. The van der Waals surface area contributed by atoms with Gasteiger partial charge in [-0.2, -0.15) is 0 Å². The van der Waals surface area contributed by atoms with Crippen LogP contribution >= 0.6 is 0 Å². The quantitative estimate of drug-likeness (QED) is 0.800. The number of nitrogens with zero attached hydrogens (tertiary/aromatic N) is 3. The number of aromatic amines is 1. The maximum atomic E-state index is 12.7. The highest BCUT2D eigenvalue weighted by molar-refractivity contribution is 5.94. The first-order chi connectivity index (χ1) is 11.6. The Hall–Kier alpha value is -3.02. The van der Waals surface area contributed by atoms with Crippen molar-refractivity contribution in [1.29, 1.82) is 0 Å². The molecule has 1 amide bonds. The molecule has 0 radical (unpaired) electrons. The second kappa shape index (κ2) is 6.62. The number of aromatic nitrogens is 3. The van der Waals surface area contributed by atoms with Crippen LogP contribution in [0.15, 0.2) is 53.6 Å². The normalized spacial score (nSPS) is 11.0. The lowest BCUT2D eigenvalue weighted by atomic mass is 10.2. The van der Waals surface area contributed by atoms with Crippen LogP contribution < -0.4 is 5.56 Å². The zero-order valence-corrected chi connectivity index (χ0v) is 13.6. The topological polar surface area (TPSA) is 79.0 Å². The van der Waals surface area contributed by atoms with Crippen LogP contribution in [0.25, 0.3) is 10.9 Å². The monoisotopic (exact) mass is 322 g/mol. The van der Waals surface area contributed by atoms with Gasteiger partial charge in [0.15, 0.2) is 0 Å². The number of benzene rings is 1. The summed E-state index contributed by atoms with van der Waals surface area (Å²) in [6.07, 6.45) is 3.16. The van der Waals surface area contributed by atoms with Crippen LogP contribution in [-0.2, 0) is 6.54 Å². The first-order valence-electron chi connectivity index (χ1n) is 7.75. The van der Waals surface area contributed by atoms with E-state index in [4.69, 9.17) is 0 Å². The van der Waals surface area contributed by atoms with Crippen molar-refractivity contribution in [2.75, 3.05) is 0 Å². The molecule has 2 heterocycles. The highest BCUT2D eigenvalue weighted by Crippen LogP contribution is 2.12. The molecule has 6 heteroatoms. The molecule has 0 spiro atoms. The molecule has 0 aliphatic heterocycles. The minimum Gasteiger partial charge on any atom is -0.329 e. The van der Waals surface area contributed by atoms with E-state index in [0.29, 0.717) is 22.3 Å². The Balaban J connectivity index is 1.94. The molecule has 0 bridgehead atoms. The maximum absolute atomic E-state index is 12.7. The number of H-pyrrole nitrogens is 1. The van der Waals surface area contributed by atoms with E-state index in [0.717, 1.165) is 0 Å². The lowest BCUT2D eigenvalue weighted by molar-refractivity contribution is 0.0684. The highest BCUT2D eigenvalue weighted by atomic mass is 16.2. The van der Waals surface area contributed by atoms with Crippen molar-refractivity contribution in [2.45, 2.75) is 26.4 Å². The van der Waals surface area contributed by atoms with E-state index in [-0.39, 0.29) is 24.1 Å². The van der Waals surface area contributed by atoms with Crippen molar-refractivity contribution in [3.63, 3.8) is 0 Å². The fourth-order valence-electron chi connectivity index (χ4n) is 2.52. The van der Waals surface area contributed by atoms with Crippen LogP contribution in [0.2, 0.25) is 0 Å². The summed E-state index contributed by atoms with van der Waals surface area (Å²) in [6.45, 7) is 4.08. The standard InChI is InChI=1S/C18H18N4O2/c1-12(2)22(18(24)13-6-5-9-19-10-13)11-16-20-15-8-4-3-7-14(15)17(23)21-16/h3-10,12H,11H2,1-2H3,(H,20,21,23). The number of rotatable bonds is 4. The Morgan fingerprint density at radius 2 is 2.00 bits per heavy atom. The van der Waals surface area contributed by atoms with Gasteiger partial charge in [-0.15, -0.1) is 0 Å². The second-order valence-corrected chi connectivity index (χ2v) is 5.80. The van der Waals surface area contributed by atoms with Crippen molar-refractivity contribution >= 4 is 16.8 Å². The third-order valence-corrected chi connectivity index (χ3v) is 3.77. The number of carbonyl (C=O) groups excluding carboxylic acids is 1. The molecule has 0 aliphatic carbocycles. The smallest absolute Gasteiger partial charge is 0.258 e. The number of fused-ring (bicyclic) bond motifs is 1. The van der Waals surface area contributed by atoms with Gasteiger partial charge >= 0.3 is 0 Å². The highest BCUT2D eigenvalue weighted by Gasteiger charge is 2.20. The molecule has 2 aromatic heterocycles. The molecule has 0 atom stereocenters. The lowest BCUT2D eigenvalue weighted by Crippen LogP contribution is -2.37. The van der Waals surface area contributed by atoms with Crippen molar-refractivity contribution in [3.05, 3.63) is 70.5 Å². The Labute approximate surface area is 139 Å². The van der Waals surface area contributed by atoms with Crippen LogP contribution in [0.5, 0.6) is 0 Å². The van der Waals surface area contributed by atoms with Gasteiger partial charge in [0.2, 0.25) is 0 Å². The number of nitrogens with one attached hydrogen (secondary N) is 1. The van der Waals surface area contributed by atoms with E-state index in [1.54, 1.807) is 41.4 Å². The predicted octanol–water partition coefficient (Wildman–Crippen LogP) is 2.37. The van der Waals surface area contributed by atoms with Gasteiger partial charge in [-0.1, -0.05) is 12.1 Å². The van der Waals surface area contributed by atoms with Gasteiger partial charge in [-0.25, -0.2) is 4.98 Å². The molecule has 1 aromatic carbocycles. The molecular formula is C18H18N4O2. The zero-order chi connectivity index (χ0) is 17.1. The van der Waals surface area contributed by atoms with Crippen LogP contribution in [0.3, 0.4) is 0 Å². The summed E-state index contributed by atoms with van der Waals surface area (Å²) in [6, 6.07) is 10.5. The number of para-hydroxylation sites is 1. The Morgan fingerprint density at radius 1 is 1.21 bits per heavy atom. The van der Waals surface area contributed by atoms with Crippen LogP contribution in [0, 0.1) is 0 Å². The molecule has 0 aliphatic rings. The summed E-state index contributed by atoms with van der Waals surface area (Å²) in [4.78, 5) is 37.8. The summed E-state index contributed by atoms with van der Waals surface area (Å²) in [5.41, 5.74) is 0.927. The van der Waals surface area contributed by atoms with E-state index in [9.17, 15) is 9.59 Å². The largest absolute Gasteiger partial charge is 0.329 e. The fourth-order valence-corrected chi connectivity index (χ4v) is 2.52. The van der Waals surface area contributed by atoms with E-state index in [1.165, 1.54) is 6.20 Å². The van der Waals surface area contributed by atoms with Gasteiger partial charge in [0.05, 0.1) is 23.0 Å². The molecule has 1 N–H and O–H groups in total. The second-order valence-electron chi connectivity index (χ2n) is 5.80. The molecular weight excluding hydrogens is 304 g/mol. The summed E-state index contributed by atoms with van der Waals surface area (Å²) in [7, 11) is 0. The Morgan fingerprint density at radius 3 is 2.71 bits per heavy atom. The fraction of sp³-hybridized carbons (Fsp3) is 0.222. The third-order valence-electron chi connectivity index (χ3n) is 3.77.